The fraction of sp³-hybridized carbons (Fsp3) is 0.375. The number of nitrogens with zero attached hydrogens (tertiary/aromatic N) is 4. The van der Waals surface area contributed by atoms with Gasteiger partial charge in [-0.1, -0.05) is 0 Å². The number of hydrogen-bond acceptors (Lipinski definition) is 8. The molecule has 1 N–H and O–H groups in total. The van der Waals surface area contributed by atoms with E-state index in [2.05, 4.69) is 15.3 Å². The zero-order valence-corrected chi connectivity index (χ0v) is 13.6. The van der Waals surface area contributed by atoms with Crippen LogP contribution in [0.25, 0.3) is 0 Å². The number of carbonyl (C=O) groups excluding carboxylic acids is 1. The molecule has 0 unspecified atom stereocenters. The first-order valence-corrected chi connectivity index (χ1v) is 7.99. The normalized spacial score (nSPS) is 19.3. The van der Waals surface area contributed by atoms with Crippen LogP contribution >= 0.6 is 0 Å². The molecular formula is C16H15N5O5. The molecule has 134 valence electrons. The predicted molar refractivity (Wildman–Crippen MR) is 86.2 cm³/mol. The van der Waals surface area contributed by atoms with Crippen LogP contribution in [0.15, 0.2) is 28.9 Å². The summed E-state index contributed by atoms with van der Waals surface area (Å²) >= 11 is 0. The van der Waals surface area contributed by atoms with E-state index in [1.54, 1.807) is 0 Å². The summed E-state index contributed by atoms with van der Waals surface area (Å²) in [6.45, 7) is 0. The number of rotatable bonds is 5. The summed E-state index contributed by atoms with van der Waals surface area (Å²) in [5.41, 5.74) is 0.141. The molecule has 2 aromatic heterocycles. The number of hydrogen-bond donors (Lipinski definition) is 1. The third-order valence-electron chi connectivity index (χ3n) is 4.05. The minimum absolute atomic E-state index is 0.0798. The zero-order chi connectivity index (χ0) is 18.5. The average molecular weight is 357 g/mol. The Labute approximate surface area is 148 Å². The Hall–Kier alpha value is -3.48. The molecule has 2 aromatic rings. The maximum atomic E-state index is 12.1. The highest BCUT2D eigenvalue weighted by Crippen LogP contribution is 2.24. The number of aromatic nitrogens is 2. The Morgan fingerprint density at radius 2 is 2.04 bits per heavy atom. The van der Waals surface area contributed by atoms with Gasteiger partial charge in [-0.15, -0.1) is 0 Å². The molecule has 3 rings (SSSR count). The fourth-order valence-corrected chi connectivity index (χ4v) is 2.78. The van der Waals surface area contributed by atoms with E-state index in [4.69, 9.17) is 14.4 Å². The first kappa shape index (κ1) is 17.3. The highest BCUT2D eigenvalue weighted by Gasteiger charge is 2.26. The minimum Gasteiger partial charge on any atom is -0.472 e. The van der Waals surface area contributed by atoms with Crippen molar-refractivity contribution < 1.29 is 18.9 Å². The van der Waals surface area contributed by atoms with Crippen LogP contribution in [-0.4, -0.2) is 32.9 Å². The standard InChI is InChI=1S/C16H15N5O5/c17-9-12-16(19-8-7-18-12)25-11-3-1-10(2-4-11)20-15(22)13-5-6-14(26-13)21(23)24/h5-8,10-11H,1-4H2,(H,20,22). The molecule has 1 saturated carbocycles. The van der Waals surface area contributed by atoms with Crippen molar-refractivity contribution in [3.8, 4) is 11.9 Å². The fourth-order valence-electron chi connectivity index (χ4n) is 2.78. The van der Waals surface area contributed by atoms with Crippen molar-refractivity contribution in [3.05, 3.63) is 46.1 Å². The SMILES string of the molecule is N#Cc1nccnc1OC1CCC(NC(=O)c2ccc([N+](=O)[O-])o2)CC1. The van der Waals surface area contributed by atoms with Crippen molar-refractivity contribution in [2.45, 2.75) is 37.8 Å². The van der Waals surface area contributed by atoms with Crippen molar-refractivity contribution in [2.24, 2.45) is 0 Å². The Bertz CT molecular complexity index is 851. The van der Waals surface area contributed by atoms with Gasteiger partial charge in [-0.2, -0.15) is 5.26 Å². The number of amides is 1. The van der Waals surface area contributed by atoms with Gasteiger partial charge >= 0.3 is 5.88 Å². The summed E-state index contributed by atoms with van der Waals surface area (Å²) in [7, 11) is 0. The van der Waals surface area contributed by atoms with E-state index in [-0.39, 0.29) is 29.5 Å². The van der Waals surface area contributed by atoms with Crippen LogP contribution in [0.1, 0.15) is 41.9 Å². The first-order valence-electron chi connectivity index (χ1n) is 7.99. The van der Waals surface area contributed by atoms with Crippen molar-refractivity contribution >= 4 is 11.8 Å². The number of nitro groups is 1. The van der Waals surface area contributed by atoms with Gasteiger partial charge < -0.3 is 14.5 Å². The van der Waals surface area contributed by atoms with Crippen LogP contribution in [0.2, 0.25) is 0 Å². The second kappa shape index (κ2) is 7.60. The highest BCUT2D eigenvalue weighted by molar-refractivity contribution is 5.91. The van der Waals surface area contributed by atoms with Gasteiger partial charge in [0.1, 0.15) is 17.1 Å². The quantitative estimate of drug-likeness (QED) is 0.631. The molecule has 0 bridgehead atoms. The Morgan fingerprint density at radius 3 is 2.69 bits per heavy atom. The highest BCUT2D eigenvalue weighted by atomic mass is 16.6. The van der Waals surface area contributed by atoms with Crippen LogP contribution in [0, 0.1) is 21.4 Å². The smallest absolute Gasteiger partial charge is 0.433 e. The second-order valence-corrected chi connectivity index (χ2v) is 5.78. The van der Waals surface area contributed by atoms with Gasteiger partial charge in [0.15, 0.2) is 5.76 Å². The molecule has 0 aromatic carbocycles. The summed E-state index contributed by atoms with van der Waals surface area (Å²) in [6, 6.07) is 4.28. The molecule has 1 amide bonds. The topological polar surface area (TPSA) is 144 Å². The largest absolute Gasteiger partial charge is 0.472 e. The van der Waals surface area contributed by atoms with Gasteiger partial charge in [0.2, 0.25) is 5.69 Å². The lowest BCUT2D eigenvalue weighted by molar-refractivity contribution is -0.402. The monoisotopic (exact) mass is 357 g/mol. The second-order valence-electron chi connectivity index (χ2n) is 5.78. The Morgan fingerprint density at radius 1 is 1.31 bits per heavy atom. The molecule has 2 heterocycles. The van der Waals surface area contributed by atoms with E-state index in [1.165, 1.54) is 18.5 Å². The minimum atomic E-state index is -0.693. The number of ether oxygens (including phenoxy) is 1. The van der Waals surface area contributed by atoms with E-state index in [0.29, 0.717) is 25.7 Å². The third-order valence-corrected chi connectivity index (χ3v) is 4.05. The van der Waals surface area contributed by atoms with Gasteiger partial charge in [0.05, 0.1) is 6.07 Å². The third kappa shape index (κ3) is 3.94. The molecule has 0 atom stereocenters. The van der Waals surface area contributed by atoms with Crippen LogP contribution < -0.4 is 10.1 Å². The van der Waals surface area contributed by atoms with Gasteiger partial charge in [0.25, 0.3) is 11.8 Å². The summed E-state index contributed by atoms with van der Waals surface area (Å²) < 4.78 is 10.6. The van der Waals surface area contributed by atoms with Gasteiger partial charge in [-0.3, -0.25) is 14.9 Å². The van der Waals surface area contributed by atoms with Gasteiger partial charge in [-0.05, 0) is 31.7 Å². The lowest BCUT2D eigenvalue weighted by Crippen LogP contribution is -2.39. The molecule has 1 fully saturated rings. The molecule has 0 aliphatic heterocycles. The Kier molecular flexibility index (Phi) is 5.07. The molecule has 0 spiro atoms. The number of furan rings is 1. The predicted octanol–water partition coefficient (Wildman–Crippen LogP) is 1.97. The Balaban J connectivity index is 1.51. The van der Waals surface area contributed by atoms with Crippen molar-refractivity contribution in [3.63, 3.8) is 0 Å². The summed E-state index contributed by atoms with van der Waals surface area (Å²) in [5.74, 6) is -0.827. The maximum absolute atomic E-state index is 12.1. The van der Waals surface area contributed by atoms with E-state index >= 15 is 0 Å². The molecule has 1 aliphatic rings. The van der Waals surface area contributed by atoms with Gasteiger partial charge in [0, 0.05) is 18.4 Å². The van der Waals surface area contributed by atoms with Crippen LogP contribution in [0.5, 0.6) is 5.88 Å². The molecule has 0 radical (unpaired) electrons. The van der Waals surface area contributed by atoms with Crippen LogP contribution in [-0.2, 0) is 0 Å². The van der Waals surface area contributed by atoms with E-state index in [0.717, 1.165) is 6.07 Å². The molecule has 26 heavy (non-hydrogen) atoms. The van der Waals surface area contributed by atoms with Crippen LogP contribution in [0.4, 0.5) is 5.88 Å². The molecular weight excluding hydrogens is 342 g/mol. The molecule has 10 heteroatoms. The van der Waals surface area contributed by atoms with Crippen molar-refractivity contribution in [2.75, 3.05) is 0 Å². The summed E-state index contributed by atoms with van der Waals surface area (Å²) in [6.07, 6.45) is 5.45. The summed E-state index contributed by atoms with van der Waals surface area (Å²) in [4.78, 5) is 29.9. The van der Waals surface area contributed by atoms with E-state index < -0.39 is 16.7 Å². The zero-order valence-electron chi connectivity index (χ0n) is 13.6. The van der Waals surface area contributed by atoms with E-state index in [1.807, 2.05) is 6.07 Å². The first-order chi connectivity index (χ1) is 12.6. The summed E-state index contributed by atoms with van der Waals surface area (Å²) in [5, 5.41) is 22.4. The molecule has 1 aliphatic carbocycles. The van der Waals surface area contributed by atoms with E-state index in [9.17, 15) is 14.9 Å². The van der Waals surface area contributed by atoms with Crippen molar-refractivity contribution in [1.82, 2.24) is 15.3 Å². The maximum Gasteiger partial charge on any atom is 0.433 e. The van der Waals surface area contributed by atoms with Gasteiger partial charge in [-0.25, -0.2) is 9.97 Å². The number of carbonyl (C=O) groups is 1. The average Bonchev–Trinajstić information content (AvgIpc) is 3.14. The molecule has 0 saturated heterocycles. The number of nitriles is 1. The lowest BCUT2D eigenvalue weighted by atomic mass is 9.93. The van der Waals surface area contributed by atoms with Crippen LogP contribution in [0.3, 0.4) is 0 Å². The molecule has 10 nitrogen and oxygen atoms in total. The number of nitrogens with one attached hydrogen (secondary N) is 1. The van der Waals surface area contributed by atoms with Crippen molar-refractivity contribution in [1.29, 1.82) is 5.26 Å². The lowest BCUT2D eigenvalue weighted by Gasteiger charge is -2.28.